The van der Waals surface area contributed by atoms with Crippen molar-refractivity contribution in [3.8, 4) is 0 Å². The van der Waals surface area contributed by atoms with Crippen molar-refractivity contribution in [2.45, 2.75) is 30.7 Å². The minimum Gasteiger partial charge on any atom is -0.388 e. The third-order valence-corrected chi connectivity index (χ3v) is 4.16. The Labute approximate surface area is 116 Å². The van der Waals surface area contributed by atoms with Crippen molar-refractivity contribution in [3.63, 3.8) is 0 Å². The fourth-order valence-corrected chi connectivity index (χ4v) is 2.85. The lowest BCUT2D eigenvalue weighted by Gasteiger charge is -2.10. The van der Waals surface area contributed by atoms with Gasteiger partial charge in [-0.25, -0.2) is 4.68 Å². The summed E-state index contributed by atoms with van der Waals surface area (Å²) in [6.45, 7) is 0. The summed E-state index contributed by atoms with van der Waals surface area (Å²) < 4.78 is 1.92. The first-order chi connectivity index (χ1) is 9.34. The Balaban J connectivity index is 1.51. The number of aliphatic hydroxyl groups excluding tert-OH is 1. The van der Waals surface area contributed by atoms with Crippen molar-refractivity contribution in [2.75, 3.05) is 5.75 Å². The minimum atomic E-state index is -0.434. The zero-order valence-corrected chi connectivity index (χ0v) is 11.3. The molecule has 1 fully saturated rings. The van der Waals surface area contributed by atoms with E-state index in [1.165, 1.54) is 12.8 Å². The molecule has 100 valence electrons. The highest BCUT2D eigenvalue weighted by molar-refractivity contribution is 7.98. The van der Waals surface area contributed by atoms with Gasteiger partial charge in [-0.3, -0.25) is 0 Å². The predicted molar refractivity (Wildman–Crippen MR) is 73.7 cm³/mol. The van der Waals surface area contributed by atoms with Crippen LogP contribution in [0.5, 0.6) is 0 Å². The first-order valence-electron chi connectivity index (χ1n) is 6.42. The highest BCUT2D eigenvalue weighted by Gasteiger charge is 2.27. The molecule has 1 aliphatic rings. The van der Waals surface area contributed by atoms with E-state index in [1.54, 1.807) is 11.8 Å². The number of tetrazole rings is 1. The molecule has 1 unspecified atom stereocenters. The molecule has 1 saturated carbocycles. The lowest BCUT2D eigenvalue weighted by molar-refractivity contribution is 0.204. The van der Waals surface area contributed by atoms with E-state index in [-0.39, 0.29) is 0 Å². The Morgan fingerprint density at radius 3 is 2.84 bits per heavy atom. The molecule has 5 nitrogen and oxygen atoms in total. The summed E-state index contributed by atoms with van der Waals surface area (Å²) >= 11 is 1.66. The van der Waals surface area contributed by atoms with Crippen molar-refractivity contribution in [1.29, 1.82) is 0 Å². The molecule has 1 aromatic carbocycles. The summed E-state index contributed by atoms with van der Waals surface area (Å²) in [6, 6.07) is 10.2. The SMILES string of the molecule is OC(CSCc1nnnn1C1CC1)c1ccccc1. The molecule has 0 aliphatic heterocycles. The molecule has 0 amide bonds. The highest BCUT2D eigenvalue weighted by atomic mass is 32.2. The molecule has 19 heavy (non-hydrogen) atoms. The van der Waals surface area contributed by atoms with Gasteiger partial charge in [0.1, 0.15) is 0 Å². The van der Waals surface area contributed by atoms with Gasteiger partial charge in [0.05, 0.1) is 17.9 Å². The summed E-state index contributed by atoms with van der Waals surface area (Å²) in [7, 11) is 0. The fourth-order valence-electron chi connectivity index (χ4n) is 1.94. The van der Waals surface area contributed by atoms with Gasteiger partial charge in [-0.15, -0.1) is 5.10 Å². The summed E-state index contributed by atoms with van der Waals surface area (Å²) in [4.78, 5) is 0. The molecule has 2 aromatic rings. The molecule has 3 rings (SSSR count). The van der Waals surface area contributed by atoms with Crippen LogP contribution in [0.1, 0.15) is 36.4 Å². The molecule has 0 saturated heterocycles. The van der Waals surface area contributed by atoms with Gasteiger partial charge in [0.15, 0.2) is 5.82 Å². The Hall–Kier alpha value is -1.40. The second-order valence-corrected chi connectivity index (χ2v) is 5.74. The van der Waals surface area contributed by atoms with Gasteiger partial charge in [0.2, 0.25) is 0 Å². The number of nitrogens with zero attached hydrogens (tertiary/aromatic N) is 4. The summed E-state index contributed by atoms with van der Waals surface area (Å²) in [5, 5.41) is 21.8. The van der Waals surface area contributed by atoms with E-state index in [2.05, 4.69) is 15.5 Å². The Bertz CT molecular complexity index is 526. The quantitative estimate of drug-likeness (QED) is 0.874. The number of rotatable bonds is 6. The van der Waals surface area contributed by atoms with Crippen LogP contribution in [0, 0.1) is 0 Å². The highest BCUT2D eigenvalue weighted by Crippen LogP contribution is 2.35. The molecule has 1 heterocycles. The second kappa shape index (κ2) is 5.71. The predicted octanol–water partition coefficient (Wildman–Crippen LogP) is 1.97. The van der Waals surface area contributed by atoms with Gasteiger partial charge >= 0.3 is 0 Å². The van der Waals surface area contributed by atoms with Crippen LogP contribution in [0.15, 0.2) is 30.3 Å². The van der Waals surface area contributed by atoms with E-state index >= 15 is 0 Å². The lowest BCUT2D eigenvalue weighted by Crippen LogP contribution is -2.04. The normalized spacial score (nSPS) is 16.5. The van der Waals surface area contributed by atoms with Crippen LogP contribution in [-0.4, -0.2) is 31.1 Å². The topological polar surface area (TPSA) is 63.8 Å². The number of aromatic nitrogens is 4. The molecule has 1 aliphatic carbocycles. The number of benzene rings is 1. The maximum Gasteiger partial charge on any atom is 0.161 e. The smallest absolute Gasteiger partial charge is 0.161 e. The van der Waals surface area contributed by atoms with E-state index in [4.69, 9.17) is 0 Å². The van der Waals surface area contributed by atoms with E-state index in [0.717, 1.165) is 17.1 Å². The molecule has 1 atom stereocenters. The molecular formula is C13H16N4OS. The molecule has 6 heteroatoms. The van der Waals surface area contributed by atoms with E-state index in [9.17, 15) is 5.11 Å². The van der Waals surface area contributed by atoms with Crippen LogP contribution >= 0.6 is 11.8 Å². The van der Waals surface area contributed by atoms with Gasteiger partial charge < -0.3 is 5.11 Å². The molecular weight excluding hydrogens is 260 g/mol. The Morgan fingerprint density at radius 2 is 2.11 bits per heavy atom. The van der Waals surface area contributed by atoms with Crippen molar-refractivity contribution in [2.24, 2.45) is 0 Å². The average molecular weight is 276 g/mol. The van der Waals surface area contributed by atoms with Gasteiger partial charge in [-0.2, -0.15) is 11.8 Å². The van der Waals surface area contributed by atoms with Crippen LogP contribution in [0.4, 0.5) is 0 Å². The average Bonchev–Trinajstić information content (AvgIpc) is 3.19. The fraction of sp³-hybridized carbons (Fsp3) is 0.462. The van der Waals surface area contributed by atoms with Crippen molar-refractivity contribution in [3.05, 3.63) is 41.7 Å². The number of thioether (sulfide) groups is 1. The third kappa shape index (κ3) is 3.13. The number of aliphatic hydroxyl groups is 1. The molecule has 1 aromatic heterocycles. The standard InChI is InChI=1S/C13H16N4OS/c18-12(10-4-2-1-3-5-10)8-19-9-13-14-15-16-17(13)11-6-7-11/h1-5,11-12,18H,6-9H2. The first-order valence-corrected chi connectivity index (χ1v) is 7.57. The molecule has 0 bridgehead atoms. The monoisotopic (exact) mass is 276 g/mol. The Kier molecular flexibility index (Phi) is 3.79. The lowest BCUT2D eigenvalue weighted by atomic mass is 10.1. The summed E-state index contributed by atoms with van der Waals surface area (Å²) in [6.07, 6.45) is 1.92. The van der Waals surface area contributed by atoms with Crippen molar-refractivity contribution < 1.29 is 5.11 Å². The van der Waals surface area contributed by atoms with Crippen LogP contribution in [0.25, 0.3) is 0 Å². The van der Waals surface area contributed by atoms with E-state index < -0.39 is 6.10 Å². The number of hydrogen-bond donors (Lipinski definition) is 1. The largest absolute Gasteiger partial charge is 0.388 e. The summed E-state index contributed by atoms with van der Waals surface area (Å²) in [5.41, 5.74) is 0.955. The van der Waals surface area contributed by atoms with Crippen molar-refractivity contribution in [1.82, 2.24) is 20.2 Å². The Morgan fingerprint density at radius 1 is 1.32 bits per heavy atom. The molecule has 1 N–H and O–H groups in total. The third-order valence-electron chi connectivity index (χ3n) is 3.14. The maximum atomic E-state index is 10.1. The van der Waals surface area contributed by atoms with Crippen molar-refractivity contribution >= 4 is 11.8 Å². The van der Waals surface area contributed by atoms with Gasteiger partial charge in [-0.05, 0) is 28.8 Å². The van der Waals surface area contributed by atoms with E-state index in [1.807, 2.05) is 35.0 Å². The van der Waals surface area contributed by atoms with E-state index in [0.29, 0.717) is 11.8 Å². The van der Waals surface area contributed by atoms with Gasteiger partial charge in [-0.1, -0.05) is 30.3 Å². The zero-order chi connectivity index (χ0) is 13.1. The van der Waals surface area contributed by atoms with Gasteiger partial charge in [0.25, 0.3) is 0 Å². The minimum absolute atomic E-state index is 0.434. The second-order valence-electron chi connectivity index (χ2n) is 4.71. The molecule has 0 spiro atoms. The van der Waals surface area contributed by atoms with Gasteiger partial charge in [0, 0.05) is 5.75 Å². The maximum absolute atomic E-state index is 10.1. The van der Waals surface area contributed by atoms with Crippen LogP contribution in [0.2, 0.25) is 0 Å². The first kappa shape index (κ1) is 12.6. The van der Waals surface area contributed by atoms with Crippen LogP contribution in [0.3, 0.4) is 0 Å². The van der Waals surface area contributed by atoms with Crippen LogP contribution < -0.4 is 0 Å². The van der Waals surface area contributed by atoms with Crippen LogP contribution in [-0.2, 0) is 5.75 Å². The molecule has 0 radical (unpaired) electrons. The zero-order valence-electron chi connectivity index (χ0n) is 10.5. The summed E-state index contributed by atoms with van der Waals surface area (Å²) in [5.74, 6) is 2.31. The number of hydrogen-bond acceptors (Lipinski definition) is 5.